The maximum Gasteiger partial charge on any atom is 0.261 e. The van der Waals surface area contributed by atoms with Gasteiger partial charge in [-0.1, -0.05) is 29.8 Å². The van der Waals surface area contributed by atoms with E-state index in [0.717, 1.165) is 5.56 Å². The van der Waals surface area contributed by atoms with Crippen LogP contribution in [0.1, 0.15) is 12.0 Å². The lowest BCUT2D eigenvalue weighted by Crippen LogP contribution is -2.25. The summed E-state index contributed by atoms with van der Waals surface area (Å²) in [7, 11) is 0. The Bertz CT molecular complexity index is 336. The van der Waals surface area contributed by atoms with Crippen molar-refractivity contribution in [3.05, 3.63) is 34.9 Å². The number of halogens is 3. The van der Waals surface area contributed by atoms with Crippen molar-refractivity contribution in [3.8, 4) is 0 Å². The van der Waals surface area contributed by atoms with E-state index in [1.807, 2.05) is 18.2 Å². The van der Waals surface area contributed by atoms with E-state index in [-0.39, 0.29) is 12.6 Å². The number of ether oxygens (including phenoxy) is 1. The molecular weight excluding hydrogens is 248 g/mol. The molecule has 0 fully saturated rings. The standard InChI is InChI=1S/C12H16ClF2NO/c13-11-4-2-1-3-9(11)7-10(16)5-6-17-8-12(14)15/h1-4,10,12H,5-8,16H2. The molecule has 0 aromatic heterocycles. The highest BCUT2D eigenvalue weighted by molar-refractivity contribution is 6.31. The van der Waals surface area contributed by atoms with E-state index >= 15 is 0 Å². The second-order valence-corrected chi connectivity index (χ2v) is 4.22. The summed E-state index contributed by atoms with van der Waals surface area (Å²) in [5, 5.41) is 0.677. The van der Waals surface area contributed by atoms with Crippen LogP contribution in [0.3, 0.4) is 0 Å². The average molecular weight is 264 g/mol. The molecule has 2 nitrogen and oxygen atoms in total. The van der Waals surface area contributed by atoms with Crippen LogP contribution in [0.25, 0.3) is 0 Å². The van der Waals surface area contributed by atoms with Gasteiger partial charge in [0.1, 0.15) is 6.61 Å². The molecule has 1 aromatic rings. The summed E-state index contributed by atoms with van der Waals surface area (Å²) in [4.78, 5) is 0. The fraction of sp³-hybridized carbons (Fsp3) is 0.500. The number of hydrogen-bond acceptors (Lipinski definition) is 2. The third kappa shape index (κ3) is 5.96. The zero-order valence-corrected chi connectivity index (χ0v) is 10.2. The fourth-order valence-electron chi connectivity index (χ4n) is 1.46. The zero-order chi connectivity index (χ0) is 12.7. The Morgan fingerprint density at radius 3 is 2.65 bits per heavy atom. The number of benzene rings is 1. The summed E-state index contributed by atoms with van der Waals surface area (Å²) >= 11 is 5.99. The molecule has 1 aromatic carbocycles. The van der Waals surface area contributed by atoms with E-state index in [1.54, 1.807) is 6.07 Å². The summed E-state index contributed by atoms with van der Waals surface area (Å²) in [5.41, 5.74) is 6.83. The molecule has 0 radical (unpaired) electrons. The largest absolute Gasteiger partial charge is 0.375 e. The molecular formula is C12H16ClF2NO. The minimum absolute atomic E-state index is 0.132. The van der Waals surface area contributed by atoms with E-state index in [9.17, 15) is 8.78 Å². The molecule has 0 amide bonds. The second-order valence-electron chi connectivity index (χ2n) is 3.81. The van der Waals surface area contributed by atoms with Gasteiger partial charge in [-0.05, 0) is 24.5 Å². The van der Waals surface area contributed by atoms with Gasteiger partial charge < -0.3 is 10.5 Å². The smallest absolute Gasteiger partial charge is 0.261 e. The Balaban J connectivity index is 2.25. The van der Waals surface area contributed by atoms with Crippen LogP contribution in [0, 0.1) is 0 Å². The van der Waals surface area contributed by atoms with Gasteiger partial charge in [-0.25, -0.2) is 8.78 Å². The van der Waals surface area contributed by atoms with E-state index in [4.69, 9.17) is 22.1 Å². The molecule has 0 bridgehead atoms. The molecule has 0 heterocycles. The fourth-order valence-corrected chi connectivity index (χ4v) is 1.67. The Kier molecular flexibility index (Phi) is 6.40. The third-order valence-electron chi connectivity index (χ3n) is 2.32. The Morgan fingerprint density at radius 1 is 1.29 bits per heavy atom. The minimum atomic E-state index is -2.42. The number of alkyl halides is 2. The van der Waals surface area contributed by atoms with Gasteiger partial charge >= 0.3 is 0 Å². The van der Waals surface area contributed by atoms with Crippen molar-refractivity contribution in [2.45, 2.75) is 25.3 Å². The first-order chi connectivity index (χ1) is 8.09. The van der Waals surface area contributed by atoms with Gasteiger partial charge in [-0.15, -0.1) is 0 Å². The normalized spacial score (nSPS) is 13.0. The quantitative estimate of drug-likeness (QED) is 0.768. The van der Waals surface area contributed by atoms with Gasteiger partial charge in [0, 0.05) is 17.7 Å². The average Bonchev–Trinajstić information content (AvgIpc) is 2.27. The Hall–Kier alpha value is -0.710. The van der Waals surface area contributed by atoms with Crippen LogP contribution in [0.4, 0.5) is 8.78 Å². The Morgan fingerprint density at radius 2 is 2.00 bits per heavy atom. The van der Waals surface area contributed by atoms with E-state index < -0.39 is 13.0 Å². The van der Waals surface area contributed by atoms with Crippen molar-refractivity contribution in [3.63, 3.8) is 0 Å². The molecule has 0 aliphatic rings. The molecule has 0 saturated carbocycles. The van der Waals surface area contributed by atoms with Crippen LogP contribution < -0.4 is 5.73 Å². The van der Waals surface area contributed by atoms with Crippen molar-refractivity contribution >= 4 is 11.6 Å². The summed E-state index contributed by atoms with van der Waals surface area (Å²) in [6, 6.07) is 7.32. The number of nitrogens with two attached hydrogens (primary N) is 1. The van der Waals surface area contributed by atoms with Crippen LogP contribution in [-0.2, 0) is 11.2 Å². The van der Waals surface area contributed by atoms with Crippen molar-refractivity contribution in [2.24, 2.45) is 5.73 Å². The second kappa shape index (κ2) is 7.58. The van der Waals surface area contributed by atoms with Crippen LogP contribution >= 0.6 is 11.6 Å². The first-order valence-corrected chi connectivity index (χ1v) is 5.82. The lowest BCUT2D eigenvalue weighted by atomic mass is 10.0. The van der Waals surface area contributed by atoms with Crippen molar-refractivity contribution < 1.29 is 13.5 Å². The van der Waals surface area contributed by atoms with Gasteiger partial charge in [0.2, 0.25) is 0 Å². The highest BCUT2D eigenvalue weighted by atomic mass is 35.5. The van der Waals surface area contributed by atoms with E-state index in [2.05, 4.69) is 0 Å². The molecule has 1 unspecified atom stereocenters. The van der Waals surface area contributed by atoms with Crippen molar-refractivity contribution in [1.82, 2.24) is 0 Å². The zero-order valence-electron chi connectivity index (χ0n) is 9.41. The summed E-state index contributed by atoms with van der Waals surface area (Å²) in [5.74, 6) is 0. The number of rotatable bonds is 7. The topological polar surface area (TPSA) is 35.2 Å². The lowest BCUT2D eigenvalue weighted by molar-refractivity contribution is 0.0153. The monoisotopic (exact) mass is 263 g/mol. The predicted octanol–water partition coefficient (Wildman–Crippen LogP) is 2.88. The molecule has 17 heavy (non-hydrogen) atoms. The summed E-state index contributed by atoms with van der Waals surface area (Å²) in [6.45, 7) is -0.283. The highest BCUT2D eigenvalue weighted by Crippen LogP contribution is 2.16. The summed E-state index contributed by atoms with van der Waals surface area (Å²) < 4.78 is 28.3. The van der Waals surface area contributed by atoms with Crippen LogP contribution in [0.2, 0.25) is 5.02 Å². The minimum Gasteiger partial charge on any atom is -0.375 e. The van der Waals surface area contributed by atoms with Crippen molar-refractivity contribution in [1.29, 1.82) is 0 Å². The first kappa shape index (κ1) is 14.4. The highest BCUT2D eigenvalue weighted by Gasteiger charge is 2.08. The SMILES string of the molecule is NC(CCOCC(F)F)Cc1ccccc1Cl. The molecule has 5 heteroatoms. The molecule has 0 saturated heterocycles. The maximum atomic E-state index is 11.8. The Labute approximate surface area is 105 Å². The van der Waals surface area contributed by atoms with Crippen molar-refractivity contribution in [2.75, 3.05) is 13.2 Å². The third-order valence-corrected chi connectivity index (χ3v) is 2.69. The molecule has 2 N–H and O–H groups in total. The summed E-state index contributed by atoms with van der Waals surface area (Å²) in [6.07, 6.45) is -1.26. The van der Waals surface area contributed by atoms with E-state index in [1.165, 1.54) is 0 Å². The maximum absolute atomic E-state index is 11.8. The van der Waals surface area contributed by atoms with Gasteiger partial charge in [0.05, 0.1) is 0 Å². The van der Waals surface area contributed by atoms with Crippen LogP contribution in [0.15, 0.2) is 24.3 Å². The van der Waals surface area contributed by atoms with Crippen LogP contribution in [-0.4, -0.2) is 25.7 Å². The first-order valence-electron chi connectivity index (χ1n) is 5.44. The van der Waals surface area contributed by atoms with Crippen LogP contribution in [0.5, 0.6) is 0 Å². The van der Waals surface area contributed by atoms with Gasteiger partial charge in [0.25, 0.3) is 6.43 Å². The molecule has 0 aliphatic carbocycles. The predicted molar refractivity (Wildman–Crippen MR) is 64.6 cm³/mol. The molecule has 96 valence electrons. The van der Waals surface area contributed by atoms with Gasteiger partial charge in [0.15, 0.2) is 0 Å². The molecule has 1 atom stereocenters. The van der Waals surface area contributed by atoms with E-state index in [0.29, 0.717) is 17.9 Å². The van der Waals surface area contributed by atoms with Gasteiger partial charge in [-0.3, -0.25) is 0 Å². The molecule has 0 spiro atoms. The van der Waals surface area contributed by atoms with Gasteiger partial charge in [-0.2, -0.15) is 0 Å². The number of hydrogen-bond donors (Lipinski definition) is 1. The molecule has 1 rings (SSSR count). The molecule has 0 aliphatic heterocycles. The lowest BCUT2D eigenvalue weighted by Gasteiger charge is -2.12.